The van der Waals surface area contributed by atoms with Crippen molar-refractivity contribution in [2.75, 3.05) is 32.7 Å². The number of aliphatic hydroxyl groups is 1. The highest BCUT2D eigenvalue weighted by Gasteiger charge is 2.59. The molecule has 0 saturated carbocycles. The van der Waals surface area contributed by atoms with Crippen LogP contribution in [-0.4, -0.2) is 109 Å². The number of phenolic OH excluding ortho intramolecular Hbond substituents is 4. The molecule has 14 nitrogen and oxygen atoms in total. The molecule has 16 heteroatoms. The van der Waals surface area contributed by atoms with Crippen LogP contribution < -0.4 is 10.6 Å². The number of carboxylic acids is 1. The summed E-state index contributed by atoms with van der Waals surface area (Å²) in [4.78, 5) is 53.5. The third-order valence-electron chi connectivity index (χ3n) is 8.24. The number of amides is 3. The van der Waals surface area contributed by atoms with Crippen LogP contribution in [0.15, 0.2) is 35.5 Å². The second-order valence-corrected chi connectivity index (χ2v) is 11.9. The van der Waals surface area contributed by atoms with E-state index in [1.165, 1.54) is 24.0 Å². The molecule has 46 heavy (non-hydrogen) atoms. The van der Waals surface area contributed by atoms with Crippen LogP contribution in [0.4, 0.5) is 0 Å². The molecule has 1 unspecified atom stereocenters. The predicted molar refractivity (Wildman–Crippen MR) is 165 cm³/mol. The molecule has 0 spiro atoms. The van der Waals surface area contributed by atoms with Gasteiger partial charge in [-0.25, -0.2) is 4.79 Å². The number of carboxylic acid groups (broad SMARTS) is 1. The number of nitrogens with zero attached hydrogens (tertiary/aromatic N) is 2. The molecule has 2 aromatic rings. The van der Waals surface area contributed by atoms with Gasteiger partial charge in [-0.1, -0.05) is 30.1 Å². The van der Waals surface area contributed by atoms with Gasteiger partial charge in [0, 0.05) is 38.6 Å². The summed E-state index contributed by atoms with van der Waals surface area (Å²) in [7, 11) is 0. The fraction of sp³-hybridized carbons (Fsp3) is 0.400. The van der Waals surface area contributed by atoms with Gasteiger partial charge in [0.05, 0.1) is 39.2 Å². The largest absolute Gasteiger partial charge is 0.504 e. The molecule has 248 valence electrons. The number of nitrogens with one attached hydrogen (secondary N) is 2. The smallest absolute Gasteiger partial charge is 0.352 e. The van der Waals surface area contributed by atoms with Gasteiger partial charge in [0.2, 0.25) is 5.91 Å². The molecule has 0 bridgehead atoms. The van der Waals surface area contributed by atoms with Crippen molar-refractivity contribution < 1.29 is 49.8 Å². The van der Waals surface area contributed by atoms with Gasteiger partial charge in [-0.05, 0) is 43.2 Å². The van der Waals surface area contributed by atoms with E-state index in [1.807, 2.05) is 4.90 Å². The number of β-lactam (4-membered cyclic amide) rings is 1. The van der Waals surface area contributed by atoms with Gasteiger partial charge in [-0.2, -0.15) is 0 Å². The molecule has 1 saturated heterocycles. The van der Waals surface area contributed by atoms with Crippen molar-refractivity contribution >= 4 is 46.9 Å². The lowest BCUT2D eigenvalue weighted by atomic mass is 9.77. The summed E-state index contributed by atoms with van der Waals surface area (Å²) < 4.78 is 0. The second-order valence-electron chi connectivity index (χ2n) is 11.2. The first-order valence-electron chi connectivity index (χ1n) is 14.3. The highest BCUT2D eigenvalue weighted by molar-refractivity contribution is 6.36. The van der Waals surface area contributed by atoms with Crippen LogP contribution in [0.25, 0.3) is 0 Å². The van der Waals surface area contributed by atoms with Crippen LogP contribution in [0.3, 0.4) is 0 Å². The number of aliphatic carboxylic acids is 1. The molecule has 2 aromatic carbocycles. The van der Waals surface area contributed by atoms with Crippen LogP contribution in [0.2, 0.25) is 10.0 Å². The van der Waals surface area contributed by atoms with E-state index < -0.39 is 64.8 Å². The SMILES string of the molecule is C[C@@H](O)C1C(=O)N2C(C(=O)O)=C(CN(CCCNC(=O)c3ccc(O)c(O)c3Cl)CCNC(=O)c3ccc(O)c(O)c3Cl)[C@H](C)[C@H]12. The van der Waals surface area contributed by atoms with Gasteiger partial charge in [-0.15, -0.1) is 0 Å². The van der Waals surface area contributed by atoms with Crippen LogP contribution in [0, 0.1) is 11.8 Å². The Kier molecular flexibility index (Phi) is 10.6. The Morgan fingerprint density at radius 2 is 1.43 bits per heavy atom. The zero-order chi connectivity index (χ0) is 34.0. The Morgan fingerprint density at radius 1 is 0.913 bits per heavy atom. The quantitative estimate of drug-likeness (QED) is 0.0867. The summed E-state index contributed by atoms with van der Waals surface area (Å²) in [6.45, 7) is 4.06. The number of phenols is 4. The van der Waals surface area contributed by atoms with E-state index in [0.717, 1.165) is 12.1 Å². The van der Waals surface area contributed by atoms with E-state index in [0.29, 0.717) is 18.5 Å². The lowest BCUT2D eigenvalue weighted by molar-refractivity contribution is -0.163. The molecule has 2 aliphatic rings. The minimum absolute atomic E-state index is 0.0478. The predicted octanol–water partition coefficient (Wildman–Crippen LogP) is 1.86. The first-order chi connectivity index (χ1) is 21.7. The standard InChI is InChI=1S/C30H34Cl2N4O10/c1-13-17(24(30(45)46)36-23(13)20(14(2)37)29(36)44)12-35(11-9-34-28(43)16-5-7-19(39)26(41)22(16)32)10-3-8-33-27(42)15-4-6-18(38)25(40)21(15)31/h4-7,13-14,20,23,37-41H,3,8-12H2,1-2H3,(H,33,42)(H,34,43)(H,45,46)/t13-,14+,20?,23+/m0/s1. The highest BCUT2D eigenvalue weighted by atomic mass is 35.5. The third-order valence-corrected chi connectivity index (χ3v) is 9.01. The molecule has 2 aliphatic heterocycles. The van der Waals surface area contributed by atoms with Gasteiger partial charge >= 0.3 is 5.97 Å². The van der Waals surface area contributed by atoms with E-state index in [4.69, 9.17) is 23.2 Å². The molecule has 0 aliphatic carbocycles. The molecule has 3 amide bonds. The number of benzene rings is 2. The van der Waals surface area contributed by atoms with Gasteiger partial charge in [-0.3, -0.25) is 19.3 Å². The van der Waals surface area contributed by atoms with Crippen LogP contribution in [-0.2, 0) is 9.59 Å². The maximum Gasteiger partial charge on any atom is 0.352 e. The van der Waals surface area contributed by atoms with Crippen molar-refractivity contribution in [2.45, 2.75) is 32.4 Å². The molecule has 1 fully saturated rings. The van der Waals surface area contributed by atoms with Crippen LogP contribution in [0.5, 0.6) is 23.0 Å². The maximum atomic E-state index is 12.8. The highest BCUT2D eigenvalue weighted by Crippen LogP contribution is 2.47. The molecule has 2 heterocycles. The second kappa shape index (κ2) is 14.0. The summed E-state index contributed by atoms with van der Waals surface area (Å²) in [6.07, 6.45) is -0.610. The summed E-state index contributed by atoms with van der Waals surface area (Å²) in [5, 5.41) is 63.8. The average molecular weight is 682 g/mol. The molecule has 4 atom stereocenters. The molecule has 0 radical (unpaired) electrons. The minimum Gasteiger partial charge on any atom is -0.504 e. The van der Waals surface area contributed by atoms with E-state index in [2.05, 4.69) is 10.6 Å². The van der Waals surface area contributed by atoms with Crippen molar-refractivity contribution in [1.29, 1.82) is 0 Å². The number of halogens is 2. The zero-order valence-electron chi connectivity index (χ0n) is 24.8. The number of rotatable bonds is 13. The Labute approximate surface area is 273 Å². The number of aliphatic hydroxyl groups excluding tert-OH is 1. The topological polar surface area (TPSA) is 220 Å². The first kappa shape index (κ1) is 34.6. The van der Waals surface area contributed by atoms with Crippen molar-refractivity contribution in [3.05, 3.63) is 56.7 Å². The number of aromatic hydroxyl groups is 4. The van der Waals surface area contributed by atoms with E-state index in [-0.39, 0.29) is 59.0 Å². The summed E-state index contributed by atoms with van der Waals surface area (Å²) in [5.74, 6) is -6.32. The Morgan fingerprint density at radius 3 is 1.93 bits per heavy atom. The lowest BCUT2D eigenvalue weighted by Crippen LogP contribution is -2.63. The normalized spacial score (nSPS) is 19.6. The van der Waals surface area contributed by atoms with Crippen molar-refractivity contribution in [2.24, 2.45) is 11.8 Å². The van der Waals surface area contributed by atoms with Crippen molar-refractivity contribution in [3.8, 4) is 23.0 Å². The van der Waals surface area contributed by atoms with E-state index in [1.54, 1.807) is 6.92 Å². The monoisotopic (exact) mass is 680 g/mol. The summed E-state index contributed by atoms with van der Waals surface area (Å²) >= 11 is 12.0. The molecular weight excluding hydrogens is 647 g/mol. The first-order valence-corrected chi connectivity index (χ1v) is 15.1. The van der Waals surface area contributed by atoms with Gasteiger partial charge in [0.15, 0.2) is 23.0 Å². The number of hydrogen-bond donors (Lipinski definition) is 8. The lowest BCUT2D eigenvalue weighted by Gasteiger charge is -2.46. The fourth-order valence-electron chi connectivity index (χ4n) is 5.85. The van der Waals surface area contributed by atoms with E-state index >= 15 is 0 Å². The Balaban J connectivity index is 1.47. The zero-order valence-corrected chi connectivity index (χ0v) is 26.3. The summed E-state index contributed by atoms with van der Waals surface area (Å²) in [5.41, 5.74) is 0.211. The average Bonchev–Trinajstić information content (AvgIpc) is 3.23. The molecule has 0 aromatic heterocycles. The molecular formula is C30H34Cl2N4O10. The maximum absolute atomic E-state index is 12.8. The van der Waals surface area contributed by atoms with Crippen LogP contribution in [0.1, 0.15) is 41.0 Å². The van der Waals surface area contributed by atoms with E-state index in [9.17, 15) is 49.8 Å². The number of hydrogen-bond acceptors (Lipinski definition) is 10. The third kappa shape index (κ3) is 6.65. The Bertz CT molecular complexity index is 1600. The van der Waals surface area contributed by atoms with Crippen molar-refractivity contribution in [1.82, 2.24) is 20.4 Å². The summed E-state index contributed by atoms with van der Waals surface area (Å²) in [6, 6.07) is 4.25. The molecule has 8 N–H and O–H groups in total. The van der Waals surface area contributed by atoms with Gasteiger partial charge in [0.25, 0.3) is 11.8 Å². The fourth-order valence-corrected chi connectivity index (χ4v) is 6.34. The van der Waals surface area contributed by atoms with Gasteiger partial charge in [0.1, 0.15) is 5.70 Å². The van der Waals surface area contributed by atoms with Crippen molar-refractivity contribution in [3.63, 3.8) is 0 Å². The number of fused-ring (bicyclic) bond motifs is 1. The number of carbonyl (C=O) groups is 4. The number of carbonyl (C=O) groups excluding carboxylic acids is 3. The minimum atomic E-state index is -1.28. The van der Waals surface area contributed by atoms with Crippen LogP contribution >= 0.6 is 23.2 Å². The molecule has 4 rings (SSSR count). The van der Waals surface area contributed by atoms with Gasteiger partial charge < -0.3 is 46.2 Å². The Hall–Kier alpha value is -4.24.